The highest BCUT2D eigenvalue weighted by Crippen LogP contribution is 2.44. The van der Waals surface area contributed by atoms with Gasteiger partial charge in [0.25, 0.3) is 0 Å². The van der Waals surface area contributed by atoms with Crippen molar-refractivity contribution in [1.82, 2.24) is 4.90 Å². The summed E-state index contributed by atoms with van der Waals surface area (Å²) in [4.78, 5) is 9.60. The summed E-state index contributed by atoms with van der Waals surface area (Å²) in [6, 6.07) is 9.02. The summed E-state index contributed by atoms with van der Waals surface area (Å²) in [5.41, 5.74) is 7.52. The van der Waals surface area contributed by atoms with E-state index in [1.807, 2.05) is 0 Å². The predicted octanol–water partition coefficient (Wildman–Crippen LogP) is 2.58. The molecule has 3 aliphatic rings. The summed E-state index contributed by atoms with van der Waals surface area (Å²) in [7, 11) is 0. The van der Waals surface area contributed by atoms with Gasteiger partial charge in [0.1, 0.15) is 0 Å². The van der Waals surface area contributed by atoms with Crippen molar-refractivity contribution in [2.45, 2.75) is 37.3 Å². The Morgan fingerprint density at radius 1 is 1.29 bits per heavy atom. The fraction of sp³-hybridized carbons (Fsp3) is 0.562. The molecule has 0 aromatic heterocycles. The molecule has 4 rings (SSSR count). The van der Waals surface area contributed by atoms with E-state index in [2.05, 4.69) is 55.0 Å². The molecule has 2 saturated heterocycles. The smallest absolute Gasteiger partial charge is 0.196 e. The maximum atomic E-state index is 6.28. The molecule has 3 heterocycles. The lowest BCUT2D eigenvalue weighted by molar-refractivity contribution is 0.163. The van der Waals surface area contributed by atoms with E-state index in [-0.39, 0.29) is 5.54 Å². The molecule has 0 bridgehead atoms. The molecular formula is C16H21BrN4. The minimum Gasteiger partial charge on any atom is -0.369 e. The van der Waals surface area contributed by atoms with Crippen LogP contribution in [0.3, 0.4) is 0 Å². The lowest BCUT2D eigenvalue weighted by atomic mass is 9.84. The molecule has 21 heavy (non-hydrogen) atoms. The Hall–Kier alpha value is -1.07. The Balaban J connectivity index is 1.75. The van der Waals surface area contributed by atoms with Gasteiger partial charge >= 0.3 is 0 Å². The molecule has 1 aromatic rings. The Bertz CT molecular complexity index is 587. The van der Waals surface area contributed by atoms with Crippen molar-refractivity contribution >= 4 is 27.6 Å². The first-order valence-corrected chi connectivity index (χ1v) is 8.60. The van der Waals surface area contributed by atoms with Gasteiger partial charge in [-0.25, -0.2) is 0 Å². The quantitative estimate of drug-likeness (QED) is 0.848. The zero-order chi connectivity index (χ0) is 14.4. The summed E-state index contributed by atoms with van der Waals surface area (Å²) < 4.78 is 1.09. The molecule has 2 N–H and O–H groups in total. The number of guanidine groups is 1. The molecule has 2 atom stereocenters. The van der Waals surface area contributed by atoms with Crippen molar-refractivity contribution in [2.75, 3.05) is 24.5 Å². The second-order valence-corrected chi connectivity index (χ2v) is 7.31. The molecule has 0 amide bonds. The zero-order valence-corrected chi connectivity index (χ0v) is 13.7. The van der Waals surface area contributed by atoms with Crippen LogP contribution in [-0.4, -0.2) is 42.1 Å². The third-order valence-corrected chi connectivity index (χ3v) is 5.81. The number of nitrogens with two attached hydrogens (primary N) is 1. The van der Waals surface area contributed by atoms with Crippen molar-refractivity contribution < 1.29 is 0 Å². The van der Waals surface area contributed by atoms with Crippen LogP contribution in [0.15, 0.2) is 33.7 Å². The first-order valence-electron chi connectivity index (χ1n) is 7.80. The van der Waals surface area contributed by atoms with Crippen LogP contribution < -0.4 is 10.6 Å². The number of fused-ring (bicyclic) bond motifs is 2. The number of benzene rings is 1. The maximum absolute atomic E-state index is 6.28. The summed E-state index contributed by atoms with van der Waals surface area (Å²) in [6.07, 6.45) is 5.09. The number of anilines is 1. The Kier molecular flexibility index (Phi) is 3.23. The van der Waals surface area contributed by atoms with Crippen molar-refractivity contribution in [1.29, 1.82) is 0 Å². The van der Waals surface area contributed by atoms with Crippen LogP contribution in [0.1, 0.15) is 25.7 Å². The molecule has 5 heteroatoms. The topological polar surface area (TPSA) is 44.9 Å². The molecule has 3 aliphatic heterocycles. The monoisotopic (exact) mass is 348 g/mol. The highest BCUT2D eigenvalue weighted by Gasteiger charge is 2.55. The molecule has 0 radical (unpaired) electrons. The van der Waals surface area contributed by atoms with Gasteiger partial charge in [-0.15, -0.1) is 0 Å². The Morgan fingerprint density at radius 2 is 2.19 bits per heavy atom. The van der Waals surface area contributed by atoms with Gasteiger partial charge in [0.2, 0.25) is 0 Å². The Morgan fingerprint density at radius 3 is 3.05 bits per heavy atom. The van der Waals surface area contributed by atoms with E-state index in [1.165, 1.54) is 32.4 Å². The number of hydrogen-bond donors (Lipinski definition) is 1. The standard InChI is InChI=1S/C16H21BrN4/c17-12-4-3-5-13(10-12)21-15(18)19-11-16(21)7-9-20-8-2-1-6-14(16)20/h3-5,10,14H,1-2,6-9,11H2,(H2,18,19). The molecule has 1 aromatic carbocycles. The van der Waals surface area contributed by atoms with Crippen molar-refractivity contribution in [3.63, 3.8) is 0 Å². The second-order valence-electron chi connectivity index (χ2n) is 6.39. The minimum atomic E-state index is 0.0747. The fourth-order valence-electron chi connectivity index (χ4n) is 4.41. The lowest BCUT2D eigenvalue weighted by Crippen LogP contribution is -2.59. The summed E-state index contributed by atoms with van der Waals surface area (Å²) in [5, 5.41) is 0. The average Bonchev–Trinajstić information content (AvgIpc) is 3.02. The molecule has 2 fully saturated rings. The van der Waals surface area contributed by atoms with E-state index in [4.69, 9.17) is 5.73 Å². The predicted molar refractivity (Wildman–Crippen MR) is 89.7 cm³/mol. The van der Waals surface area contributed by atoms with E-state index < -0.39 is 0 Å². The van der Waals surface area contributed by atoms with E-state index in [9.17, 15) is 0 Å². The normalized spacial score (nSPS) is 32.5. The third-order valence-electron chi connectivity index (χ3n) is 5.32. The van der Waals surface area contributed by atoms with Gasteiger partial charge in [0.15, 0.2) is 5.96 Å². The molecule has 4 nitrogen and oxygen atoms in total. The molecule has 112 valence electrons. The average molecular weight is 349 g/mol. The number of rotatable bonds is 1. The van der Waals surface area contributed by atoms with Crippen LogP contribution in [0.25, 0.3) is 0 Å². The summed E-state index contributed by atoms with van der Waals surface area (Å²) in [5.74, 6) is 0.681. The summed E-state index contributed by atoms with van der Waals surface area (Å²) >= 11 is 3.58. The fourth-order valence-corrected chi connectivity index (χ4v) is 4.80. The minimum absolute atomic E-state index is 0.0747. The van der Waals surface area contributed by atoms with Crippen LogP contribution in [0, 0.1) is 0 Å². The first-order chi connectivity index (χ1) is 10.2. The van der Waals surface area contributed by atoms with E-state index in [0.717, 1.165) is 23.1 Å². The maximum Gasteiger partial charge on any atom is 0.196 e. The van der Waals surface area contributed by atoms with E-state index >= 15 is 0 Å². The number of piperidine rings is 1. The van der Waals surface area contributed by atoms with E-state index in [1.54, 1.807) is 0 Å². The van der Waals surface area contributed by atoms with Gasteiger partial charge in [-0.2, -0.15) is 0 Å². The number of nitrogens with zero attached hydrogens (tertiary/aromatic N) is 3. The van der Waals surface area contributed by atoms with Crippen LogP contribution in [0.5, 0.6) is 0 Å². The highest BCUT2D eigenvalue weighted by atomic mass is 79.9. The summed E-state index contributed by atoms with van der Waals surface area (Å²) in [6.45, 7) is 3.25. The number of hydrogen-bond acceptors (Lipinski definition) is 4. The Labute approximate surface area is 134 Å². The number of aliphatic imine (C=N–C) groups is 1. The molecule has 0 aliphatic carbocycles. The van der Waals surface area contributed by atoms with Crippen molar-refractivity contribution in [3.8, 4) is 0 Å². The van der Waals surface area contributed by atoms with Gasteiger partial charge < -0.3 is 10.6 Å². The number of halogens is 1. The molecule has 1 spiro atoms. The SMILES string of the molecule is NC1=NCC2(CCN3CCCCC32)N1c1cccc(Br)c1. The van der Waals surface area contributed by atoms with Crippen molar-refractivity contribution in [3.05, 3.63) is 28.7 Å². The second kappa shape index (κ2) is 4.99. The van der Waals surface area contributed by atoms with Gasteiger partial charge in [0, 0.05) is 22.7 Å². The molecule has 0 saturated carbocycles. The highest BCUT2D eigenvalue weighted by molar-refractivity contribution is 9.10. The lowest BCUT2D eigenvalue weighted by Gasteiger charge is -2.44. The van der Waals surface area contributed by atoms with Gasteiger partial charge in [-0.05, 0) is 44.0 Å². The van der Waals surface area contributed by atoms with E-state index in [0.29, 0.717) is 12.0 Å². The van der Waals surface area contributed by atoms with Crippen LogP contribution >= 0.6 is 15.9 Å². The largest absolute Gasteiger partial charge is 0.369 e. The van der Waals surface area contributed by atoms with Gasteiger partial charge in [-0.1, -0.05) is 28.4 Å². The van der Waals surface area contributed by atoms with Crippen LogP contribution in [0.2, 0.25) is 0 Å². The van der Waals surface area contributed by atoms with Gasteiger partial charge in [0.05, 0.1) is 12.1 Å². The third kappa shape index (κ3) is 2.01. The van der Waals surface area contributed by atoms with Crippen LogP contribution in [-0.2, 0) is 0 Å². The van der Waals surface area contributed by atoms with Gasteiger partial charge in [-0.3, -0.25) is 9.89 Å². The first kappa shape index (κ1) is 13.6. The molecule has 2 unspecified atom stereocenters. The van der Waals surface area contributed by atoms with Crippen LogP contribution in [0.4, 0.5) is 5.69 Å². The molecular weight excluding hydrogens is 328 g/mol. The zero-order valence-electron chi connectivity index (χ0n) is 12.1. The van der Waals surface area contributed by atoms with Crippen molar-refractivity contribution in [2.24, 2.45) is 10.7 Å².